The number of amides is 1. The Balaban J connectivity index is 1.89. The number of hydrogen-bond donors (Lipinski definition) is 2. The summed E-state index contributed by atoms with van der Waals surface area (Å²) in [6.07, 6.45) is 2.66. The van der Waals surface area contributed by atoms with Gasteiger partial charge in [0.2, 0.25) is 0 Å². The molecule has 2 unspecified atom stereocenters. The standard InChI is InChI=1S/C16H24N2O2/c1-3-18(2)14-9-7-12(8-10-14)16(20)17-11-13-5-4-6-15(13)19/h7-10,13,15,19H,3-6,11H2,1-2H3,(H,17,20). The van der Waals surface area contributed by atoms with Crippen molar-refractivity contribution in [2.75, 3.05) is 25.0 Å². The molecule has 0 heterocycles. The molecule has 1 aliphatic rings. The van der Waals surface area contributed by atoms with E-state index in [4.69, 9.17) is 0 Å². The second-order valence-electron chi connectivity index (χ2n) is 5.53. The first-order chi connectivity index (χ1) is 9.61. The van der Waals surface area contributed by atoms with Crippen molar-refractivity contribution >= 4 is 11.6 Å². The first-order valence-electron chi connectivity index (χ1n) is 7.39. The van der Waals surface area contributed by atoms with Gasteiger partial charge < -0.3 is 15.3 Å². The summed E-state index contributed by atoms with van der Waals surface area (Å²) in [6, 6.07) is 7.62. The van der Waals surface area contributed by atoms with E-state index in [1.165, 1.54) is 0 Å². The Kier molecular flexibility index (Phi) is 5.01. The van der Waals surface area contributed by atoms with Gasteiger partial charge in [-0.05, 0) is 44.0 Å². The van der Waals surface area contributed by atoms with Crippen molar-refractivity contribution in [2.45, 2.75) is 32.3 Å². The molecular formula is C16H24N2O2. The SMILES string of the molecule is CCN(C)c1ccc(C(=O)NCC2CCCC2O)cc1. The average Bonchev–Trinajstić information content (AvgIpc) is 2.89. The number of aliphatic hydroxyl groups is 1. The van der Waals surface area contributed by atoms with Crippen LogP contribution in [0.2, 0.25) is 0 Å². The first-order valence-corrected chi connectivity index (χ1v) is 7.39. The number of nitrogens with one attached hydrogen (secondary N) is 1. The van der Waals surface area contributed by atoms with Gasteiger partial charge >= 0.3 is 0 Å². The fourth-order valence-electron chi connectivity index (χ4n) is 2.63. The Bertz CT molecular complexity index is 444. The monoisotopic (exact) mass is 276 g/mol. The molecule has 4 heteroatoms. The number of carbonyl (C=O) groups is 1. The number of rotatable bonds is 5. The number of carbonyl (C=O) groups excluding carboxylic acids is 1. The number of benzene rings is 1. The van der Waals surface area contributed by atoms with Gasteiger partial charge in [0.1, 0.15) is 0 Å². The van der Waals surface area contributed by atoms with Gasteiger partial charge in [0, 0.05) is 37.3 Å². The fourth-order valence-corrected chi connectivity index (χ4v) is 2.63. The van der Waals surface area contributed by atoms with Crippen molar-refractivity contribution in [3.63, 3.8) is 0 Å². The van der Waals surface area contributed by atoms with E-state index in [1.54, 1.807) is 0 Å². The Morgan fingerprint density at radius 3 is 2.60 bits per heavy atom. The summed E-state index contributed by atoms with van der Waals surface area (Å²) in [6.45, 7) is 3.59. The third-order valence-electron chi connectivity index (χ3n) is 4.19. The van der Waals surface area contributed by atoms with E-state index in [-0.39, 0.29) is 17.9 Å². The molecule has 1 fully saturated rings. The smallest absolute Gasteiger partial charge is 0.251 e. The van der Waals surface area contributed by atoms with E-state index in [2.05, 4.69) is 17.1 Å². The maximum absolute atomic E-state index is 12.1. The van der Waals surface area contributed by atoms with Crippen LogP contribution in [0.5, 0.6) is 0 Å². The van der Waals surface area contributed by atoms with Crippen LogP contribution in [0.1, 0.15) is 36.5 Å². The predicted octanol–water partition coefficient (Wildman–Crippen LogP) is 2.03. The minimum atomic E-state index is -0.254. The van der Waals surface area contributed by atoms with Crippen LogP contribution in [0.15, 0.2) is 24.3 Å². The Morgan fingerprint density at radius 1 is 1.35 bits per heavy atom. The molecule has 1 aliphatic carbocycles. The van der Waals surface area contributed by atoms with Crippen molar-refractivity contribution in [3.8, 4) is 0 Å². The van der Waals surface area contributed by atoms with Crippen LogP contribution in [-0.2, 0) is 0 Å². The minimum absolute atomic E-state index is 0.0604. The van der Waals surface area contributed by atoms with Gasteiger partial charge in [0.25, 0.3) is 5.91 Å². The molecule has 1 aromatic rings. The van der Waals surface area contributed by atoms with Crippen molar-refractivity contribution in [2.24, 2.45) is 5.92 Å². The lowest BCUT2D eigenvalue weighted by atomic mass is 10.1. The van der Waals surface area contributed by atoms with Gasteiger partial charge in [0.05, 0.1) is 6.10 Å². The minimum Gasteiger partial charge on any atom is -0.393 e. The van der Waals surface area contributed by atoms with Crippen molar-refractivity contribution < 1.29 is 9.90 Å². The summed E-state index contributed by atoms with van der Waals surface area (Å²) in [7, 11) is 2.02. The van der Waals surface area contributed by atoms with E-state index in [1.807, 2.05) is 31.3 Å². The number of anilines is 1. The molecule has 2 N–H and O–H groups in total. The Morgan fingerprint density at radius 2 is 2.05 bits per heavy atom. The molecule has 0 saturated heterocycles. The molecule has 0 radical (unpaired) electrons. The van der Waals surface area contributed by atoms with Crippen LogP contribution < -0.4 is 10.2 Å². The van der Waals surface area contributed by atoms with Crippen molar-refractivity contribution in [3.05, 3.63) is 29.8 Å². The van der Waals surface area contributed by atoms with Crippen LogP contribution in [0.4, 0.5) is 5.69 Å². The summed E-state index contributed by atoms with van der Waals surface area (Å²) in [4.78, 5) is 14.2. The molecule has 1 saturated carbocycles. The third kappa shape index (κ3) is 3.51. The zero-order valence-corrected chi connectivity index (χ0v) is 12.3. The summed E-state index contributed by atoms with van der Waals surface area (Å²) in [5.41, 5.74) is 1.78. The van der Waals surface area contributed by atoms with Crippen LogP contribution in [-0.4, -0.2) is 37.3 Å². The third-order valence-corrected chi connectivity index (χ3v) is 4.19. The lowest BCUT2D eigenvalue weighted by molar-refractivity contribution is 0.0917. The first kappa shape index (κ1) is 14.9. The van der Waals surface area contributed by atoms with E-state index in [0.717, 1.165) is 31.5 Å². The van der Waals surface area contributed by atoms with E-state index in [0.29, 0.717) is 12.1 Å². The summed E-state index contributed by atoms with van der Waals surface area (Å²) in [5.74, 6) is 0.152. The molecule has 0 spiro atoms. The molecule has 2 rings (SSSR count). The second kappa shape index (κ2) is 6.75. The van der Waals surface area contributed by atoms with Crippen LogP contribution in [0.3, 0.4) is 0 Å². The second-order valence-corrected chi connectivity index (χ2v) is 5.53. The Labute approximate surface area is 120 Å². The summed E-state index contributed by atoms with van der Waals surface area (Å²) in [5, 5.41) is 12.7. The van der Waals surface area contributed by atoms with E-state index in [9.17, 15) is 9.90 Å². The molecule has 4 nitrogen and oxygen atoms in total. The number of hydrogen-bond acceptors (Lipinski definition) is 3. The molecule has 1 amide bonds. The topological polar surface area (TPSA) is 52.6 Å². The highest BCUT2D eigenvalue weighted by atomic mass is 16.3. The molecule has 0 aromatic heterocycles. The van der Waals surface area contributed by atoms with E-state index >= 15 is 0 Å². The van der Waals surface area contributed by atoms with Crippen molar-refractivity contribution in [1.29, 1.82) is 0 Å². The normalized spacial score (nSPS) is 21.8. The van der Waals surface area contributed by atoms with Crippen LogP contribution in [0.25, 0.3) is 0 Å². The zero-order chi connectivity index (χ0) is 14.5. The molecule has 2 atom stereocenters. The van der Waals surface area contributed by atoms with Gasteiger partial charge in [-0.2, -0.15) is 0 Å². The lowest BCUT2D eigenvalue weighted by Gasteiger charge is -2.17. The Hall–Kier alpha value is -1.55. The molecular weight excluding hydrogens is 252 g/mol. The van der Waals surface area contributed by atoms with Gasteiger partial charge in [0.15, 0.2) is 0 Å². The maximum Gasteiger partial charge on any atom is 0.251 e. The largest absolute Gasteiger partial charge is 0.393 e. The van der Waals surface area contributed by atoms with Crippen LogP contribution >= 0.6 is 0 Å². The predicted molar refractivity (Wildman–Crippen MR) is 81.1 cm³/mol. The zero-order valence-electron chi connectivity index (χ0n) is 12.3. The van der Waals surface area contributed by atoms with Gasteiger partial charge in [-0.3, -0.25) is 4.79 Å². The highest BCUT2D eigenvalue weighted by Gasteiger charge is 2.25. The molecule has 20 heavy (non-hydrogen) atoms. The number of aliphatic hydroxyl groups excluding tert-OH is 1. The molecule has 0 bridgehead atoms. The van der Waals surface area contributed by atoms with Gasteiger partial charge in [-0.1, -0.05) is 6.42 Å². The molecule has 0 aliphatic heterocycles. The average molecular weight is 276 g/mol. The van der Waals surface area contributed by atoms with Gasteiger partial charge in [-0.25, -0.2) is 0 Å². The fraction of sp³-hybridized carbons (Fsp3) is 0.562. The number of nitrogens with zero attached hydrogens (tertiary/aromatic N) is 1. The maximum atomic E-state index is 12.1. The highest BCUT2D eigenvalue weighted by molar-refractivity contribution is 5.94. The summed E-state index contributed by atoms with van der Waals surface area (Å²) >= 11 is 0. The highest BCUT2D eigenvalue weighted by Crippen LogP contribution is 2.24. The van der Waals surface area contributed by atoms with Crippen molar-refractivity contribution in [1.82, 2.24) is 5.32 Å². The van der Waals surface area contributed by atoms with Crippen LogP contribution in [0, 0.1) is 5.92 Å². The lowest BCUT2D eigenvalue weighted by Crippen LogP contribution is -2.32. The molecule has 110 valence electrons. The van der Waals surface area contributed by atoms with E-state index < -0.39 is 0 Å². The molecule has 1 aromatic carbocycles. The quantitative estimate of drug-likeness (QED) is 0.865. The summed E-state index contributed by atoms with van der Waals surface area (Å²) < 4.78 is 0. The van der Waals surface area contributed by atoms with Gasteiger partial charge in [-0.15, -0.1) is 0 Å².